The summed E-state index contributed by atoms with van der Waals surface area (Å²) in [4.78, 5) is 14.8. The maximum absolute atomic E-state index is 10.7. The minimum atomic E-state index is 0.481. The van der Waals surface area contributed by atoms with E-state index in [-0.39, 0.29) is 0 Å². The summed E-state index contributed by atoms with van der Waals surface area (Å²) in [5.74, 6) is 1.16. The molecule has 2 aromatic heterocycles. The Balaban J connectivity index is 2.27. The molecule has 1 aromatic carbocycles. The number of hydrogen-bond acceptors (Lipinski definition) is 4. The molecule has 5 heteroatoms. The predicted molar refractivity (Wildman–Crippen MR) is 61.6 cm³/mol. The molecule has 0 aliphatic rings. The number of aldehydes is 1. The fraction of sp³-hybridized carbons (Fsp3) is 0. The van der Waals surface area contributed by atoms with E-state index in [0.717, 1.165) is 11.8 Å². The fourth-order valence-corrected chi connectivity index (χ4v) is 1.65. The second-order valence-electron chi connectivity index (χ2n) is 3.56. The van der Waals surface area contributed by atoms with Crippen LogP contribution in [-0.4, -0.2) is 25.9 Å². The van der Waals surface area contributed by atoms with E-state index in [9.17, 15) is 4.79 Å². The van der Waals surface area contributed by atoms with Crippen molar-refractivity contribution in [2.45, 2.75) is 0 Å². The monoisotopic (exact) mass is 224 g/mol. The summed E-state index contributed by atoms with van der Waals surface area (Å²) >= 11 is 0. The number of carbonyl (C=O) groups excluding carboxylic acids is 1. The van der Waals surface area contributed by atoms with Gasteiger partial charge in [-0.3, -0.25) is 9.20 Å². The Morgan fingerprint density at radius 2 is 1.94 bits per heavy atom. The predicted octanol–water partition coefficient (Wildman–Crippen LogP) is 1.60. The van der Waals surface area contributed by atoms with Gasteiger partial charge in [-0.15, -0.1) is 10.2 Å². The van der Waals surface area contributed by atoms with Gasteiger partial charge in [-0.2, -0.15) is 0 Å². The van der Waals surface area contributed by atoms with Gasteiger partial charge in [0.05, 0.1) is 0 Å². The number of fused-ring (bicyclic) bond motifs is 1. The van der Waals surface area contributed by atoms with Crippen LogP contribution in [0.15, 0.2) is 42.7 Å². The smallest absolute Gasteiger partial charge is 0.255 e. The van der Waals surface area contributed by atoms with E-state index in [1.165, 1.54) is 6.20 Å². The molecular formula is C12H8N4O. The summed E-state index contributed by atoms with van der Waals surface area (Å²) in [5, 5.41) is 8.03. The van der Waals surface area contributed by atoms with E-state index >= 15 is 0 Å². The molecule has 0 atom stereocenters. The van der Waals surface area contributed by atoms with Crippen molar-refractivity contribution >= 4 is 12.1 Å². The van der Waals surface area contributed by atoms with Crippen molar-refractivity contribution in [1.82, 2.24) is 19.6 Å². The molecule has 0 saturated heterocycles. The highest BCUT2D eigenvalue weighted by molar-refractivity contribution is 5.74. The van der Waals surface area contributed by atoms with E-state index in [4.69, 9.17) is 0 Å². The molecule has 3 aromatic rings. The van der Waals surface area contributed by atoms with E-state index in [1.54, 1.807) is 10.6 Å². The van der Waals surface area contributed by atoms with Gasteiger partial charge >= 0.3 is 0 Å². The summed E-state index contributed by atoms with van der Waals surface area (Å²) in [6, 6.07) is 9.65. The third kappa shape index (κ3) is 1.57. The average Bonchev–Trinajstić information content (AvgIpc) is 2.82. The molecule has 0 aliphatic carbocycles. The van der Waals surface area contributed by atoms with Gasteiger partial charge in [0.15, 0.2) is 12.1 Å². The van der Waals surface area contributed by atoms with E-state index in [1.807, 2.05) is 30.3 Å². The summed E-state index contributed by atoms with van der Waals surface area (Å²) in [7, 11) is 0. The lowest BCUT2D eigenvalue weighted by atomic mass is 10.2. The van der Waals surface area contributed by atoms with Gasteiger partial charge in [0, 0.05) is 23.5 Å². The van der Waals surface area contributed by atoms with Crippen LogP contribution in [0.5, 0.6) is 0 Å². The zero-order chi connectivity index (χ0) is 11.7. The molecule has 0 spiro atoms. The second-order valence-corrected chi connectivity index (χ2v) is 3.56. The highest BCUT2D eigenvalue weighted by atomic mass is 16.1. The number of benzene rings is 1. The summed E-state index contributed by atoms with van der Waals surface area (Å²) in [6.07, 6.45) is 3.91. The van der Waals surface area contributed by atoms with Crippen LogP contribution in [0.25, 0.3) is 17.2 Å². The van der Waals surface area contributed by atoms with Crippen LogP contribution < -0.4 is 0 Å². The van der Waals surface area contributed by atoms with Crippen molar-refractivity contribution in [1.29, 1.82) is 0 Å². The van der Waals surface area contributed by atoms with Gasteiger partial charge in [0.25, 0.3) is 5.78 Å². The molecule has 3 rings (SSSR count). The number of nitrogens with zero attached hydrogens (tertiary/aromatic N) is 4. The van der Waals surface area contributed by atoms with Crippen LogP contribution >= 0.6 is 0 Å². The lowest BCUT2D eigenvalue weighted by Crippen LogP contribution is -1.94. The Labute approximate surface area is 96.8 Å². The largest absolute Gasteiger partial charge is 0.298 e. The van der Waals surface area contributed by atoms with Crippen LogP contribution in [0, 0.1) is 0 Å². The van der Waals surface area contributed by atoms with E-state index in [2.05, 4.69) is 15.2 Å². The molecule has 5 nitrogen and oxygen atoms in total. The van der Waals surface area contributed by atoms with Crippen LogP contribution in [0.3, 0.4) is 0 Å². The summed E-state index contributed by atoms with van der Waals surface area (Å²) in [5.41, 5.74) is 1.43. The minimum Gasteiger partial charge on any atom is -0.298 e. The van der Waals surface area contributed by atoms with E-state index < -0.39 is 0 Å². The highest BCUT2D eigenvalue weighted by Crippen LogP contribution is 2.16. The fourth-order valence-electron chi connectivity index (χ4n) is 1.65. The number of rotatable bonds is 2. The maximum atomic E-state index is 10.7. The average molecular weight is 224 g/mol. The molecule has 0 fully saturated rings. The third-order valence-corrected chi connectivity index (χ3v) is 2.45. The lowest BCUT2D eigenvalue weighted by Gasteiger charge is -1.99. The molecular weight excluding hydrogens is 216 g/mol. The van der Waals surface area contributed by atoms with E-state index in [0.29, 0.717) is 17.2 Å². The molecule has 0 radical (unpaired) electrons. The molecule has 17 heavy (non-hydrogen) atoms. The molecule has 0 aliphatic heterocycles. The number of carbonyl (C=O) groups is 1. The quantitative estimate of drug-likeness (QED) is 0.620. The molecule has 0 unspecified atom stereocenters. The Kier molecular flexibility index (Phi) is 2.15. The highest BCUT2D eigenvalue weighted by Gasteiger charge is 2.08. The number of aromatic nitrogens is 4. The molecule has 82 valence electrons. The standard InChI is InChI=1S/C12H8N4O/c17-8-9-6-13-12-15-14-11(16(12)7-9)10-4-2-1-3-5-10/h1-8H. The molecule has 0 saturated carbocycles. The Bertz CT molecular complexity index is 675. The van der Waals surface area contributed by atoms with Crippen LogP contribution in [0.1, 0.15) is 10.4 Å². The van der Waals surface area contributed by atoms with Gasteiger partial charge in [-0.1, -0.05) is 30.3 Å². The van der Waals surface area contributed by atoms with Gasteiger partial charge in [0.2, 0.25) is 0 Å². The van der Waals surface area contributed by atoms with Gasteiger partial charge < -0.3 is 0 Å². The Hall–Kier alpha value is -2.56. The van der Waals surface area contributed by atoms with Crippen LogP contribution in [0.4, 0.5) is 0 Å². The van der Waals surface area contributed by atoms with Crippen molar-refractivity contribution < 1.29 is 4.79 Å². The first-order chi connectivity index (χ1) is 8.38. The SMILES string of the molecule is O=Cc1cnc2nnc(-c3ccccc3)n2c1. The van der Waals surface area contributed by atoms with Crippen molar-refractivity contribution in [2.24, 2.45) is 0 Å². The minimum absolute atomic E-state index is 0.481. The second kappa shape index (κ2) is 3.79. The van der Waals surface area contributed by atoms with Gasteiger partial charge in [0.1, 0.15) is 0 Å². The summed E-state index contributed by atoms with van der Waals surface area (Å²) in [6.45, 7) is 0. The first-order valence-corrected chi connectivity index (χ1v) is 5.10. The molecule has 0 amide bonds. The lowest BCUT2D eigenvalue weighted by molar-refractivity contribution is 0.112. The number of hydrogen-bond donors (Lipinski definition) is 0. The van der Waals surface area contributed by atoms with Crippen LogP contribution in [-0.2, 0) is 0 Å². The Morgan fingerprint density at radius 3 is 2.71 bits per heavy atom. The van der Waals surface area contributed by atoms with Crippen molar-refractivity contribution in [3.05, 3.63) is 48.3 Å². The zero-order valence-corrected chi connectivity index (χ0v) is 8.82. The normalized spacial score (nSPS) is 10.6. The maximum Gasteiger partial charge on any atom is 0.255 e. The van der Waals surface area contributed by atoms with Crippen molar-refractivity contribution in [3.8, 4) is 11.4 Å². The molecule has 0 bridgehead atoms. The van der Waals surface area contributed by atoms with Crippen LogP contribution in [0.2, 0.25) is 0 Å². The topological polar surface area (TPSA) is 60.2 Å². The third-order valence-electron chi connectivity index (χ3n) is 2.45. The van der Waals surface area contributed by atoms with Gasteiger partial charge in [-0.05, 0) is 0 Å². The molecule has 0 N–H and O–H groups in total. The summed E-state index contributed by atoms with van der Waals surface area (Å²) < 4.78 is 1.71. The first-order valence-electron chi connectivity index (χ1n) is 5.10. The zero-order valence-electron chi connectivity index (χ0n) is 8.82. The molecule has 2 heterocycles. The van der Waals surface area contributed by atoms with Gasteiger partial charge in [-0.25, -0.2) is 4.98 Å². The van der Waals surface area contributed by atoms with Crippen molar-refractivity contribution in [2.75, 3.05) is 0 Å². The first kappa shape index (κ1) is 9.65. The van der Waals surface area contributed by atoms with Crippen molar-refractivity contribution in [3.63, 3.8) is 0 Å². The Morgan fingerprint density at radius 1 is 1.12 bits per heavy atom.